The van der Waals surface area contributed by atoms with Gasteiger partial charge in [0.05, 0.1) is 19.6 Å². The third kappa shape index (κ3) is 5.70. The van der Waals surface area contributed by atoms with E-state index in [0.717, 1.165) is 5.56 Å². The molecule has 2 N–H and O–H groups in total. The predicted octanol–water partition coefficient (Wildman–Crippen LogP) is 2.45. The van der Waals surface area contributed by atoms with Gasteiger partial charge in [-0.05, 0) is 17.7 Å². The van der Waals surface area contributed by atoms with E-state index < -0.39 is 6.04 Å². The molecule has 144 valence electrons. The van der Waals surface area contributed by atoms with E-state index in [4.69, 9.17) is 4.74 Å². The lowest BCUT2D eigenvalue weighted by Gasteiger charge is -2.33. The van der Waals surface area contributed by atoms with E-state index in [2.05, 4.69) is 10.6 Å². The van der Waals surface area contributed by atoms with Gasteiger partial charge in [-0.2, -0.15) is 0 Å². The molecule has 27 heavy (non-hydrogen) atoms. The topological polar surface area (TPSA) is 70.7 Å². The Kier molecular flexibility index (Phi) is 7.64. The lowest BCUT2D eigenvalue weighted by atomic mass is 10.1. The SMILES string of the molecule is COc1cccc(NC(=O)CC2NCCN(Cc3ccccc3)C2=O)c1.Cl. The summed E-state index contributed by atoms with van der Waals surface area (Å²) in [6.07, 6.45) is 0.0985. The summed E-state index contributed by atoms with van der Waals surface area (Å²) >= 11 is 0. The molecule has 0 spiro atoms. The van der Waals surface area contributed by atoms with E-state index in [9.17, 15) is 9.59 Å². The maximum atomic E-state index is 12.7. The van der Waals surface area contributed by atoms with E-state index in [1.165, 1.54) is 0 Å². The minimum Gasteiger partial charge on any atom is -0.497 e. The second-order valence-corrected chi connectivity index (χ2v) is 6.24. The number of nitrogens with zero attached hydrogens (tertiary/aromatic N) is 1. The number of rotatable bonds is 6. The number of hydrogen-bond acceptors (Lipinski definition) is 4. The van der Waals surface area contributed by atoms with Gasteiger partial charge in [-0.25, -0.2) is 0 Å². The average molecular weight is 390 g/mol. The summed E-state index contributed by atoms with van der Waals surface area (Å²) in [5.41, 5.74) is 1.74. The lowest BCUT2D eigenvalue weighted by Crippen LogP contribution is -2.55. The molecule has 0 radical (unpaired) electrons. The summed E-state index contributed by atoms with van der Waals surface area (Å²) in [5, 5.41) is 5.97. The summed E-state index contributed by atoms with van der Waals surface area (Å²) in [5.74, 6) is 0.426. The van der Waals surface area contributed by atoms with Crippen LogP contribution in [0.5, 0.6) is 5.75 Å². The minimum atomic E-state index is -0.502. The van der Waals surface area contributed by atoms with Crippen LogP contribution in [-0.2, 0) is 16.1 Å². The van der Waals surface area contributed by atoms with Crippen LogP contribution in [-0.4, -0.2) is 43.0 Å². The normalized spacial score (nSPS) is 16.4. The Bertz CT molecular complexity index is 770. The first kappa shape index (κ1) is 20.7. The second kappa shape index (κ2) is 9.94. The molecule has 1 saturated heterocycles. The molecule has 3 rings (SSSR count). The smallest absolute Gasteiger partial charge is 0.240 e. The number of piperazine rings is 1. The van der Waals surface area contributed by atoms with Crippen molar-refractivity contribution in [3.05, 3.63) is 60.2 Å². The fourth-order valence-corrected chi connectivity index (χ4v) is 3.01. The van der Waals surface area contributed by atoms with Crippen molar-refractivity contribution in [3.63, 3.8) is 0 Å². The molecule has 1 atom stereocenters. The van der Waals surface area contributed by atoms with Gasteiger partial charge in [0.1, 0.15) is 5.75 Å². The van der Waals surface area contributed by atoms with Crippen LogP contribution >= 0.6 is 12.4 Å². The lowest BCUT2D eigenvalue weighted by molar-refractivity contribution is -0.138. The molecular weight excluding hydrogens is 366 g/mol. The molecule has 2 aromatic rings. The highest BCUT2D eigenvalue weighted by Crippen LogP contribution is 2.17. The van der Waals surface area contributed by atoms with Gasteiger partial charge >= 0.3 is 0 Å². The second-order valence-electron chi connectivity index (χ2n) is 6.24. The largest absolute Gasteiger partial charge is 0.497 e. The molecule has 2 amide bonds. The number of carbonyl (C=O) groups is 2. The molecule has 1 heterocycles. The summed E-state index contributed by atoms with van der Waals surface area (Å²) in [6.45, 7) is 1.88. The molecule has 6 nitrogen and oxygen atoms in total. The molecule has 7 heteroatoms. The molecule has 1 aliphatic heterocycles. The molecular formula is C20H24ClN3O3. The van der Waals surface area contributed by atoms with E-state index in [-0.39, 0.29) is 30.6 Å². The molecule has 1 fully saturated rings. The van der Waals surface area contributed by atoms with Crippen LogP contribution in [0.1, 0.15) is 12.0 Å². The van der Waals surface area contributed by atoms with Gasteiger partial charge in [0, 0.05) is 31.4 Å². The average Bonchev–Trinajstić information content (AvgIpc) is 2.66. The first-order chi connectivity index (χ1) is 12.7. The fourth-order valence-electron chi connectivity index (χ4n) is 3.01. The Morgan fingerprint density at radius 3 is 2.74 bits per heavy atom. The van der Waals surface area contributed by atoms with Crippen LogP contribution in [0, 0.1) is 0 Å². The summed E-state index contributed by atoms with van der Waals surface area (Å²) in [6, 6.07) is 16.5. The van der Waals surface area contributed by atoms with Crippen molar-refractivity contribution in [3.8, 4) is 5.75 Å². The third-order valence-electron chi connectivity index (χ3n) is 4.34. The van der Waals surface area contributed by atoms with Gasteiger partial charge in [0.2, 0.25) is 11.8 Å². The molecule has 1 aliphatic rings. The van der Waals surface area contributed by atoms with Crippen LogP contribution in [0.15, 0.2) is 54.6 Å². The zero-order chi connectivity index (χ0) is 18.4. The summed E-state index contributed by atoms with van der Waals surface area (Å²) < 4.78 is 5.15. The number of methoxy groups -OCH3 is 1. The quantitative estimate of drug-likeness (QED) is 0.796. The standard InChI is InChI=1S/C20H23N3O3.ClH/c1-26-17-9-5-8-16(12-17)22-19(24)13-18-20(25)23(11-10-21-18)14-15-6-3-2-4-7-15;/h2-9,12,18,21H,10-11,13-14H2,1H3,(H,22,24);1H. The van der Waals surface area contributed by atoms with Crippen molar-refractivity contribution in [1.82, 2.24) is 10.2 Å². The highest BCUT2D eigenvalue weighted by molar-refractivity contribution is 5.95. The van der Waals surface area contributed by atoms with Crippen molar-refractivity contribution in [2.24, 2.45) is 0 Å². The van der Waals surface area contributed by atoms with Crippen LogP contribution < -0.4 is 15.4 Å². The first-order valence-electron chi connectivity index (χ1n) is 8.65. The highest BCUT2D eigenvalue weighted by atomic mass is 35.5. The number of amides is 2. The van der Waals surface area contributed by atoms with Crippen LogP contribution in [0.25, 0.3) is 0 Å². The van der Waals surface area contributed by atoms with Crippen LogP contribution in [0.4, 0.5) is 5.69 Å². The monoisotopic (exact) mass is 389 g/mol. The minimum absolute atomic E-state index is 0. The number of benzene rings is 2. The molecule has 0 aromatic heterocycles. The number of hydrogen-bond donors (Lipinski definition) is 2. The van der Waals surface area contributed by atoms with E-state index in [1.807, 2.05) is 36.4 Å². The highest BCUT2D eigenvalue weighted by Gasteiger charge is 2.30. The number of nitrogens with one attached hydrogen (secondary N) is 2. The Hall–Kier alpha value is -2.57. The van der Waals surface area contributed by atoms with Crippen molar-refractivity contribution in [1.29, 1.82) is 0 Å². The van der Waals surface area contributed by atoms with Crippen LogP contribution in [0.3, 0.4) is 0 Å². The molecule has 1 unspecified atom stereocenters. The van der Waals surface area contributed by atoms with Gasteiger partial charge in [0.25, 0.3) is 0 Å². The number of anilines is 1. The number of carbonyl (C=O) groups excluding carboxylic acids is 2. The number of ether oxygens (including phenoxy) is 1. The maximum absolute atomic E-state index is 12.7. The van der Waals surface area contributed by atoms with Crippen molar-refractivity contribution < 1.29 is 14.3 Å². The molecule has 0 bridgehead atoms. The van der Waals surface area contributed by atoms with Crippen molar-refractivity contribution >= 4 is 29.9 Å². The van der Waals surface area contributed by atoms with Crippen LogP contribution in [0.2, 0.25) is 0 Å². The molecule has 0 aliphatic carbocycles. The van der Waals surface area contributed by atoms with E-state index in [0.29, 0.717) is 31.1 Å². The van der Waals surface area contributed by atoms with Crippen molar-refractivity contribution in [2.45, 2.75) is 19.0 Å². The Morgan fingerprint density at radius 1 is 1.22 bits per heavy atom. The maximum Gasteiger partial charge on any atom is 0.240 e. The first-order valence-corrected chi connectivity index (χ1v) is 8.65. The van der Waals surface area contributed by atoms with Crippen molar-refractivity contribution in [2.75, 3.05) is 25.5 Å². The van der Waals surface area contributed by atoms with E-state index >= 15 is 0 Å². The predicted molar refractivity (Wildman–Crippen MR) is 107 cm³/mol. The Labute approximate surface area is 165 Å². The Balaban J connectivity index is 0.00000261. The third-order valence-corrected chi connectivity index (χ3v) is 4.34. The van der Waals surface area contributed by atoms with E-state index in [1.54, 1.807) is 30.2 Å². The van der Waals surface area contributed by atoms with Gasteiger partial charge in [-0.1, -0.05) is 36.4 Å². The summed E-state index contributed by atoms with van der Waals surface area (Å²) in [4.78, 5) is 26.8. The van der Waals surface area contributed by atoms with Gasteiger partial charge in [0.15, 0.2) is 0 Å². The zero-order valence-electron chi connectivity index (χ0n) is 15.2. The fraction of sp³-hybridized carbons (Fsp3) is 0.300. The summed E-state index contributed by atoms with van der Waals surface area (Å²) in [7, 11) is 1.58. The van der Waals surface area contributed by atoms with Gasteiger partial charge in [-0.3, -0.25) is 9.59 Å². The van der Waals surface area contributed by atoms with Gasteiger partial charge < -0.3 is 20.3 Å². The molecule has 0 saturated carbocycles. The zero-order valence-corrected chi connectivity index (χ0v) is 16.0. The van der Waals surface area contributed by atoms with Gasteiger partial charge in [-0.15, -0.1) is 12.4 Å². The molecule has 2 aromatic carbocycles. The Morgan fingerprint density at radius 2 is 2.00 bits per heavy atom. The number of halogens is 1.